The number of hydrogen-bond donors (Lipinski definition) is 1. The van der Waals surface area contributed by atoms with E-state index in [1.807, 2.05) is 0 Å². The van der Waals surface area contributed by atoms with E-state index in [1.54, 1.807) is 0 Å². The molecule has 8 heteroatoms. The molecule has 1 aromatic carbocycles. The van der Waals surface area contributed by atoms with Crippen LogP contribution in [0.25, 0.3) is 0 Å². The van der Waals surface area contributed by atoms with Crippen LogP contribution in [0.15, 0.2) is 24.3 Å². The van der Waals surface area contributed by atoms with Gasteiger partial charge in [-0.2, -0.15) is 13.2 Å². The lowest BCUT2D eigenvalue weighted by molar-refractivity contribution is -0.137. The largest absolute Gasteiger partial charge is 0.416 e. The van der Waals surface area contributed by atoms with Crippen molar-refractivity contribution in [1.82, 2.24) is 5.32 Å². The number of carbonyl (C=O) groups excluding carboxylic acids is 1. The van der Waals surface area contributed by atoms with Crippen molar-refractivity contribution in [3.63, 3.8) is 0 Å². The summed E-state index contributed by atoms with van der Waals surface area (Å²) < 4.78 is 60.0. The summed E-state index contributed by atoms with van der Waals surface area (Å²) in [7, 11) is -3.41. The van der Waals surface area contributed by atoms with Crippen LogP contribution in [-0.2, 0) is 20.8 Å². The number of rotatable bonds is 4. The third-order valence-electron chi connectivity index (χ3n) is 3.92. The molecule has 1 aromatic rings. The van der Waals surface area contributed by atoms with Crippen LogP contribution in [0.4, 0.5) is 13.2 Å². The topological polar surface area (TPSA) is 63.2 Å². The fourth-order valence-electron chi connectivity index (χ4n) is 2.94. The number of alkyl halides is 3. The number of sulfone groups is 1. The van der Waals surface area contributed by atoms with E-state index in [9.17, 15) is 26.4 Å². The zero-order valence-electron chi connectivity index (χ0n) is 12.6. The molecule has 2 atom stereocenters. The maximum atomic E-state index is 12.6. The highest BCUT2D eigenvalue weighted by molar-refractivity contribution is 7.91. The predicted molar refractivity (Wildman–Crippen MR) is 79.7 cm³/mol. The van der Waals surface area contributed by atoms with Crippen LogP contribution in [-0.4, -0.2) is 32.4 Å². The molecule has 1 amide bonds. The third-order valence-corrected chi connectivity index (χ3v) is 4.71. The summed E-state index contributed by atoms with van der Waals surface area (Å²) in [5, 5.41) is 2.69. The van der Waals surface area contributed by atoms with Crippen molar-refractivity contribution in [1.29, 1.82) is 0 Å². The molecular weight excluding hydrogens is 331 g/mol. The van der Waals surface area contributed by atoms with E-state index in [0.717, 1.165) is 36.8 Å². The van der Waals surface area contributed by atoms with Crippen molar-refractivity contribution in [2.75, 3.05) is 12.0 Å². The van der Waals surface area contributed by atoms with Gasteiger partial charge in [0.1, 0.15) is 5.75 Å². The van der Waals surface area contributed by atoms with Gasteiger partial charge in [-0.25, -0.2) is 8.42 Å². The minimum atomic E-state index is -4.38. The minimum Gasteiger partial charge on any atom is -0.352 e. The molecule has 0 aliphatic heterocycles. The van der Waals surface area contributed by atoms with Crippen LogP contribution in [0.5, 0.6) is 0 Å². The zero-order chi connectivity index (χ0) is 17.3. The summed E-state index contributed by atoms with van der Waals surface area (Å²) in [4.78, 5) is 11.7. The number of benzene rings is 1. The van der Waals surface area contributed by atoms with Gasteiger partial charge < -0.3 is 5.32 Å². The van der Waals surface area contributed by atoms with E-state index in [2.05, 4.69) is 5.32 Å². The van der Waals surface area contributed by atoms with Gasteiger partial charge in [-0.15, -0.1) is 0 Å². The monoisotopic (exact) mass is 349 g/mol. The molecule has 1 fully saturated rings. The van der Waals surface area contributed by atoms with Crippen LogP contribution in [0, 0.1) is 0 Å². The Labute approximate surface area is 133 Å². The van der Waals surface area contributed by atoms with Crippen LogP contribution >= 0.6 is 0 Å². The fraction of sp³-hybridized carbons (Fsp3) is 0.533. The number of carbonyl (C=O) groups is 1. The van der Waals surface area contributed by atoms with Gasteiger partial charge in [0.15, 0.2) is 9.84 Å². The molecule has 1 aliphatic rings. The molecule has 23 heavy (non-hydrogen) atoms. The molecule has 0 bridgehead atoms. The molecule has 0 spiro atoms. The number of amides is 1. The van der Waals surface area contributed by atoms with Gasteiger partial charge in [0.2, 0.25) is 5.91 Å². The first kappa shape index (κ1) is 17.8. The van der Waals surface area contributed by atoms with Crippen LogP contribution in [0.2, 0.25) is 0 Å². The summed E-state index contributed by atoms with van der Waals surface area (Å²) in [6, 6.07) is 4.66. The predicted octanol–water partition coefficient (Wildman–Crippen LogP) is 2.50. The third kappa shape index (κ3) is 4.95. The number of halogens is 3. The Morgan fingerprint density at radius 3 is 2.35 bits per heavy atom. The van der Waals surface area contributed by atoms with E-state index in [0.29, 0.717) is 6.42 Å². The first-order valence-electron chi connectivity index (χ1n) is 7.20. The highest BCUT2D eigenvalue weighted by Gasteiger charge is 2.33. The summed E-state index contributed by atoms with van der Waals surface area (Å²) >= 11 is 0. The van der Waals surface area contributed by atoms with Gasteiger partial charge in [-0.3, -0.25) is 4.79 Å². The van der Waals surface area contributed by atoms with E-state index < -0.39 is 33.2 Å². The quantitative estimate of drug-likeness (QED) is 0.908. The maximum absolute atomic E-state index is 12.6. The van der Waals surface area contributed by atoms with Gasteiger partial charge in [0, 0.05) is 18.2 Å². The minimum absolute atomic E-state index is 0.0965. The van der Waals surface area contributed by atoms with Gasteiger partial charge in [0.05, 0.1) is 5.56 Å². The van der Waals surface area contributed by atoms with Crippen molar-refractivity contribution in [2.24, 2.45) is 0 Å². The smallest absolute Gasteiger partial charge is 0.352 e. The van der Waals surface area contributed by atoms with Crippen molar-refractivity contribution < 1.29 is 26.4 Å². The molecule has 1 aliphatic carbocycles. The zero-order valence-corrected chi connectivity index (χ0v) is 13.4. The second kappa shape index (κ2) is 6.51. The molecular formula is C15H18F3NO3S. The Morgan fingerprint density at radius 2 is 1.83 bits per heavy atom. The van der Waals surface area contributed by atoms with Crippen molar-refractivity contribution in [2.45, 2.75) is 37.4 Å². The van der Waals surface area contributed by atoms with Crippen molar-refractivity contribution in [3.05, 3.63) is 35.4 Å². The summed E-state index contributed by atoms with van der Waals surface area (Å²) in [5.41, 5.74) is 0.0112. The van der Waals surface area contributed by atoms with Crippen molar-refractivity contribution in [3.8, 4) is 0 Å². The van der Waals surface area contributed by atoms with Gasteiger partial charge in [-0.1, -0.05) is 18.6 Å². The Balaban J connectivity index is 2.08. The Morgan fingerprint density at radius 1 is 1.22 bits per heavy atom. The highest BCUT2D eigenvalue weighted by atomic mass is 32.2. The lowest BCUT2D eigenvalue weighted by Crippen LogP contribution is -2.39. The Hall–Kier alpha value is -1.57. The maximum Gasteiger partial charge on any atom is 0.416 e. The SMILES string of the molecule is CS(=O)(=O)CC(=O)N[C@H]1CCC[C@@H]1c1ccc(C(F)(F)F)cc1. The molecule has 0 aromatic heterocycles. The molecule has 1 N–H and O–H groups in total. The number of hydrogen-bond acceptors (Lipinski definition) is 3. The molecule has 0 unspecified atom stereocenters. The number of nitrogens with one attached hydrogen (secondary N) is 1. The van der Waals surface area contributed by atoms with Gasteiger partial charge >= 0.3 is 6.18 Å². The lowest BCUT2D eigenvalue weighted by Gasteiger charge is -2.21. The van der Waals surface area contributed by atoms with Crippen LogP contribution in [0.1, 0.15) is 36.3 Å². The summed E-state index contributed by atoms with van der Waals surface area (Å²) in [6.07, 6.45) is -1.14. The summed E-state index contributed by atoms with van der Waals surface area (Å²) in [6.45, 7) is 0. The molecule has 1 saturated carbocycles. The van der Waals surface area contributed by atoms with E-state index >= 15 is 0 Å². The normalized spacial score (nSPS) is 22.1. The molecule has 128 valence electrons. The Bertz CT molecular complexity index is 668. The highest BCUT2D eigenvalue weighted by Crippen LogP contribution is 2.36. The second-order valence-electron chi connectivity index (χ2n) is 5.90. The van der Waals surface area contributed by atoms with Crippen molar-refractivity contribution >= 4 is 15.7 Å². The van der Waals surface area contributed by atoms with Gasteiger partial charge in [-0.05, 0) is 30.5 Å². The lowest BCUT2D eigenvalue weighted by atomic mass is 9.93. The first-order valence-corrected chi connectivity index (χ1v) is 9.26. The molecule has 4 nitrogen and oxygen atoms in total. The fourth-order valence-corrected chi connectivity index (χ4v) is 3.50. The molecule has 2 rings (SSSR count). The average Bonchev–Trinajstić information content (AvgIpc) is 2.83. The molecule has 0 heterocycles. The standard InChI is InChI=1S/C15H18F3NO3S/c1-23(21,22)9-14(20)19-13-4-2-3-12(13)10-5-7-11(8-6-10)15(16,17)18/h5-8,12-13H,2-4,9H2,1H3,(H,19,20)/t12-,13+/m1/s1. The van der Waals surface area contributed by atoms with Gasteiger partial charge in [0.25, 0.3) is 0 Å². The molecule has 0 radical (unpaired) electrons. The Kier molecular flexibility index (Phi) is 5.03. The van der Waals surface area contributed by atoms with E-state index in [1.165, 1.54) is 12.1 Å². The average molecular weight is 349 g/mol. The first-order chi connectivity index (χ1) is 10.6. The second-order valence-corrected chi connectivity index (χ2v) is 8.04. The molecule has 0 saturated heterocycles. The summed E-state index contributed by atoms with van der Waals surface area (Å²) in [5.74, 6) is -1.25. The van der Waals surface area contributed by atoms with E-state index in [4.69, 9.17) is 0 Å². The van der Waals surface area contributed by atoms with E-state index in [-0.39, 0.29) is 12.0 Å². The van der Waals surface area contributed by atoms with Crippen LogP contribution < -0.4 is 5.32 Å². The van der Waals surface area contributed by atoms with Crippen LogP contribution in [0.3, 0.4) is 0 Å².